The topological polar surface area (TPSA) is 58.1 Å². The fourth-order valence-corrected chi connectivity index (χ4v) is 3.22. The number of nitrogens with one attached hydrogen (secondary N) is 1. The molecule has 0 bridgehead atoms. The lowest BCUT2D eigenvalue weighted by molar-refractivity contribution is -0.0568. The third-order valence-corrected chi connectivity index (χ3v) is 4.98. The molecule has 2 fully saturated rings. The first-order valence-electron chi connectivity index (χ1n) is 9.33. The standard InChI is InChI=1S/C20H22F2N4O/c21-20(22)8-10-26(11-9-20)13-16-12-17(25-18(23-16)14-6-7-14)19(27)24-15-4-2-1-3-5-15/h1-5,12,14H,6-11,13H2,(H,24,27). The summed E-state index contributed by atoms with van der Waals surface area (Å²) in [5, 5.41) is 2.84. The molecule has 4 rings (SSSR count). The van der Waals surface area contributed by atoms with E-state index in [1.165, 1.54) is 0 Å². The first-order valence-corrected chi connectivity index (χ1v) is 9.33. The van der Waals surface area contributed by atoms with Crippen LogP contribution in [-0.2, 0) is 6.54 Å². The molecule has 142 valence electrons. The number of amides is 1. The second-order valence-corrected chi connectivity index (χ2v) is 7.33. The molecule has 1 aromatic heterocycles. The van der Waals surface area contributed by atoms with Gasteiger partial charge in [0.15, 0.2) is 0 Å². The lowest BCUT2D eigenvalue weighted by Crippen LogP contribution is -2.39. The second-order valence-electron chi connectivity index (χ2n) is 7.33. The van der Waals surface area contributed by atoms with Gasteiger partial charge in [-0.3, -0.25) is 9.69 Å². The first kappa shape index (κ1) is 18.0. The van der Waals surface area contributed by atoms with Crippen LogP contribution in [-0.4, -0.2) is 39.8 Å². The van der Waals surface area contributed by atoms with Crippen molar-refractivity contribution in [1.82, 2.24) is 14.9 Å². The summed E-state index contributed by atoms with van der Waals surface area (Å²) in [5.41, 5.74) is 1.75. The van der Waals surface area contributed by atoms with E-state index < -0.39 is 5.92 Å². The molecule has 1 saturated carbocycles. The van der Waals surface area contributed by atoms with Crippen LogP contribution in [0.4, 0.5) is 14.5 Å². The molecule has 27 heavy (non-hydrogen) atoms. The van der Waals surface area contributed by atoms with E-state index in [1.54, 1.807) is 6.07 Å². The second kappa shape index (κ2) is 7.31. The van der Waals surface area contributed by atoms with Gasteiger partial charge in [-0.2, -0.15) is 0 Å². The number of anilines is 1. The molecule has 1 N–H and O–H groups in total. The zero-order valence-electron chi connectivity index (χ0n) is 15.0. The minimum Gasteiger partial charge on any atom is -0.321 e. The quantitative estimate of drug-likeness (QED) is 0.866. The van der Waals surface area contributed by atoms with Crippen LogP contribution in [0.1, 0.15) is 53.6 Å². The fourth-order valence-electron chi connectivity index (χ4n) is 3.22. The molecule has 2 aromatic rings. The Balaban J connectivity index is 1.51. The Bertz CT molecular complexity index is 814. The summed E-state index contributed by atoms with van der Waals surface area (Å²) >= 11 is 0. The van der Waals surface area contributed by atoms with Crippen molar-refractivity contribution in [2.75, 3.05) is 18.4 Å². The van der Waals surface area contributed by atoms with E-state index in [2.05, 4.69) is 15.3 Å². The molecule has 0 unspecified atom stereocenters. The number of halogens is 2. The molecule has 5 nitrogen and oxygen atoms in total. The minimum atomic E-state index is -2.57. The molecular formula is C20H22F2N4O. The molecule has 2 aliphatic rings. The van der Waals surface area contributed by atoms with E-state index in [0.717, 1.165) is 18.5 Å². The van der Waals surface area contributed by atoms with Crippen LogP contribution in [0.25, 0.3) is 0 Å². The zero-order chi connectivity index (χ0) is 18.9. The van der Waals surface area contributed by atoms with Gasteiger partial charge in [0.05, 0.1) is 5.69 Å². The van der Waals surface area contributed by atoms with Gasteiger partial charge in [0.2, 0.25) is 0 Å². The Hall–Kier alpha value is -2.41. The number of benzene rings is 1. The third kappa shape index (κ3) is 4.66. The zero-order valence-corrected chi connectivity index (χ0v) is 15.0. The highest BCUT2D eigenvalue weighted by Crippen LogP contribution is 2.38. The number of alkyl halides is 2. The van der Waals surface area contributed by atoms with Crippen molar-refractivity contribution in [3.63, 3.8) is 0 Å². The Labute approximate surface area is 156 Å². The van der Waals surface area contributed by atoms with Gasteiger partial charge in [-0.1, -0.05) is 18.2 Å². The van der Waals surface area contributed by atoms with Gasteiger partial charge < -0.3 is 5.32 Å². The number of nitrogens with zero attached hydrogens (tertiary/aromatic N) is 3. The van der Waals surface area contributed by atoms with Gasteiger partial charge in [-0.25, -0.2) is 18.7 Å². The average molecular weight is 372 g/mol. The monoisotopic (exact) mass is 372 g/mol. The molecule has 2 heterocycles. The van der Waals surface area contributed by atoms with Crippen LogP contribution in [0, 0.1) is 0 Å². The number of hydrogen-bond donors (Lipinski definition) is 1. The van der Waals surface area contributed by atoms with Gasteiger partial charge in [-0.05, 0) is 31.0 Å². The summed E-state index contributed by atoms with van der Waals surface area (Å²) in [4.78, 5) is 23.6. The van der Waals surface area contributed by atoms with Crippen LogP contribution in [0.15, 0.2) is 36.4 Å². The summed E-state index contributed by atoms with van der Waals surface area (Å²) in [6, 6.07) is 10.9. The minimum absolute atomic E-state index is 0.130. The Morgan fingerprint density at radius 2 is 1.85 bits per heavy atom. The summed E-state index contributed by atoms with van der Waals surface area (Å²) in [6.07, 6.45) is 1.79. The third-order valence-electron chi connectivity index (χ3n) is 4.98. The van der Waals surface area contributed by atoms with E-state index >= 15 is 0 Å². The molecule has 1 aliphatic heterocycles. The predicted molar refractivity (Wildman–Crippen MR) is 97.9 cm³/mol. The van der Waals surface area contributed by atoms with E-state index in [0.29, 0.717) is 42.8 Å². The molecule has 1 saturated heterocycles. The predicted octanol–water partition coefficient (Wildman–Crippen LogP) is 3.84. The van der Waals surface area contributed by atoms with Crippen molar-refractivity contribution in [1.29, 1.82) is 0 Å². The average Bonchev–Trinajstić information content (AvgIpc) is 3.49. The van der Waals surface area contributed by atoms with Crippen LogP contribution < -0.4 is 5.32 Å². The number of aromatic nitrogens is 2. The van der Waals surface area contributed by atoms with E-state index in [-0.39, 0.29) is 18.7 Å². The van der Waals surface area contributed by atoms with Crippen LogP contribution in [0.3, 0.4) is 0 Å². The van der Waals surface area contributed by atoms with Gasteiger partial charge in [-0.15, -0.1) is 0 Å². The fraction of sp³-hybridized carbons (Fsp3) is 0.450. The van der Waals surface area contributed by atoms with Gasteiger partial charge >= 0.3 is 0 Å². The molecule has 1 amide bonds. The van der Waals surface area contributed by atoms with Crippen molar-refractivity contribution >= 4 is 11.6 Å². The molecule has 0 radical (unpaired) electrons. The van der Waals surface area contributed by atoms with Gasteiger partial charge in [0.25, 0.3) is 11.8 Å². The maximum absolute atomic E-state index is 13.4. The number of hydrogen-bond acceptors (Lipinski definition) is 4. The summed E-state index contributed by atoms with van der Waals surface area (Å²) < 4.78 is 26.7. The normalized spacial score (nSPS) is 19.6. The highest BCUT2D eigenvalue weighted by Gasteiger charge is 2.34. The maximum Gasteiger partial charge on any atom is 0.274 e. The van der Waals surface area contributed by atoms with Crippen LogP contribution in [0.5, 0.6) is 0 Å². The van der Waals surface area contributed by atoms with Crippen molar-refractivity contribution < 1.29 is 13.6 Å². The molecule has 1 aliphatic carbocycles. The number of likely N-dealkylation sites (tertiary alicyclic amines) is 1. The Kier molecular flexibility index (Phi) is 4.86. The highest BCUT2D eigenvalue weighted by atomic mass is 19.3. The van der Waals surface area contributed by atoms with E-state index in [1.807, 2.05) is 35.2 Å². The first-order chi connectivity index (χ1) is 13.0. The highest BCUT2D eigenvalue weighted by molar-refractivity contribution is 6.02. The van der Waals surface area contributed by atoms with E-state index in [9.17, 15) is 13.6 Å². The van der Waals surface area contributed by atoms with Gasteiger partial charge in [0.1, 0.15) is 11.5 Å². The van der Waals surface area contributed by atoms with Crippen LogP contribution >= 0.6 is 0 Å². The number of rotatable bonds is 5. The number of carbonyl (C=O) groups is 1. The lowest BCUT2D eigenvalue weighted by Gasteiger charge is -2.31. The Morgan fingerprint density at radius 3 is 2.52 bits per heavy atom. The molecule has 0 spiro atoms. The Morgan fingerprint density at radius 1 is 1.15 bits per heavy atom. The molecule has 0 atom stereocenters. The van der Waals surface area contributed by atoms with E-state index in [4.69, 9.17) is 0 Å². The summed E-state index contributed by atoms with van der Waals surface area (Å²) in [5.74, 6) is -1.86. The smallest absolute Gasteiger partial charge is 0.274 e. The number of para-hydroxylation sites is 1. The van der Waals surface area contributed by atoms with Crippen LogP contribution in [0.2, 0.25) is 0 Å². The summed E-state index contributed by atoms with van der Waals surface area (Å²) in [6.45, 7) is 1.13. The molecular weight excluding hydrogens is 350 g/mol. The SMILES string of the molecule is O=C(Nc1ccccc1)c1cc(CN2CCC(F)(F)CC2)nc(C2CC2)n1. The maximum atomic E-state index is 13.4. The molecule has 1 aromatic carbocycles. The summed E-state index contributed by atoms with van der Waals surface area (Å²) in [7, 11) is 0. The van der Waals surface area contributed by atoms with Crippen molar-refractivity contribution in [2.24, 2.45) is 0 Å². The van der Waals surface area contributed by atoms with Crippen molar-refractivity contribution in [3.8, 4) is 0 Å². The molecule has 7 heteroatoms. The number of piperidine rings is 1. The number of carbonyl (C=O) groups excluding carboxylic acids is 1. The van der Waals surface area contributed by atoms with Crippen molar-refractivity contribution in [3.05, 3.63) is 53.6 Å². The van der Waals surface area contributed by atoms with Crippen molar-refractivity contribution in [2.45, 2.75) is 44.1 Å². The largest absolute Gasteiger partial charge is 0.321 e. The lowest BCUT2D eigenvalue weighted by atomic mass is 10.1. The van der Waals surface area contributed by atoms with Gasteiger partial charge in [0, 0.05) is 44.1 Å².